The van der Waals surface area contributed by atoms with Gasteiger partial charge in [-0.05, 0) is 89.9 Å². The fraction of sp³-hybridized carbons (Fsp3) is 0.853. The van der Waals surface area contributed by atoms with Crippen LogP contribution in [0, 0.1) is 0 Å². The fourth-order valence-electron chi connectivity index (χ4n) is 10.0. The molecule has 2 atom stereocenters. The first kappa shape index (κ1) is 71.8. The maximum Gasteiger partial charge on any atom is 0.305 e. The highest BCUT2D eigenvalue weighted by molar-refractivity contribution is 5.76. The molecule has 0 spiro atoms. The van der Waals surface area contributed by atoms with E-state index in [0.29, 0.717) is 19.4 Å². The molecule has 0 fully saturated rings. The Balaban J connectivity index is 3.38. The zero-order chi connectivity index (χ0) is 53.6. The summed E-state index contributed by atoms with van der Waals surface area (Å²) in [5, 5.41) is 23.1. The Morgan fingerprint density at radius 3 is 1.05 bits per heavy atom. The van der Waals surface area contributed by atoms with E-state index in [2.05, 4.69) is 55.6 Å². The van der Waals surface area contributed by atoms with Crippen LogP contribution in [0.3, 0.4) is 0 Å². The number of hydrogen-bond acceptors (Lipinski definition) is 5. The van der Waals surface area contributed by atoms with Crippen LogP contribution >= 0.6 is 0 Å². The van der Waals surface area contributed by atoms with Gasteiger partial charge in [0.1, 0.15) is 0 Å². The molecule has 2 unspecified atom stereocenters. The van der Waals surface area contributed by atoms with E-state index in [4.69, 9.17) is 4.74 Å². The number of esters is 1. The van der Waals surface area contributed by atoms with Crippen LogP contribution < -0.4 is 5.32 Å². The summed E-state index contributed by atoms with van der Waals surface area (Å²) in [6, 6.07) is -0.628. The first-order valence-electron chi connectivity index (χ1n) is 32.9. The van der Waals surface area contributed by atoms with Crippen molar-refractivity contribution in [3.63, 3.8) is 0 Å². The molecule has 6 nitrogen and oxygen atoms in total. The lowest BCUT2D eigenvalue weighted by Gasteiger charge is -2.20. The zero-order valence-corrected chi connectivity index (χ0v) is 49.6. The molecular formula is C68H127NO5. The minimum atomic E-state index is -0.844. The van der Waals surface area contributed by atoms with Gasteiger partial charge in [-0.2, -0.15) is 0 Å². The van der Waals surface area contributed by atoms with Crippen LogP contribution in [0.25, 0.3) is 0 Å². The highest BCUT2D eigenvalue weighted by Gasteiger charge is 2.18. The number of hydrogen-bond donors (Lipinski definition) is 3. The van der Waals surface area contributed by atoms with E-state index >= 15 is 0 Å². The van der Waals surface area contributed by atoms with E-state index in [9.17, 15) is 19.8 Å². The van der Waals surface area contributed by atoms with E-state index < -0.39 is 12.1 Å². The predicted molar refractivity (Wildman–Crippen MR) is 324 cm³/mol. The number of allylic oxidation sites excluding steroid dienone is 7. The van der Waals surface area contributed by atoms with Crippen molar-refractivity contribution in [3.8, 4) is 0 Å². The van der Waals surface area contributed by atoms with Crippen LogP contribution in [0.4, 0.5) is 0 Å². The molecule has 0 bridgehead atoms. The molecule has 0 aromatic rings. The summed E-state index contributed by atoms with van der Waals surface area (Å²) in [6.07, 6.45) is 81.7. The minimum absolute atomic E-state index is 0.00720. The molecule has 0 aliphatic heterocycles. The molecule has 0 radical (unpaired) electrons. The summed E-state index contributed by atoms with van der Waals surface area (Å²) in [5.74, 6) is -0.0620. The van der Waals surface area contributed by atoms with Gasteiger partial charge in [-0.15, -0.1) is 0 Å². The molecule has 0 aromatic heterocycles. The van der Waals surface area contributed by atoms with Crippen LogP contribution in [0.1, 0.15) is 348 Å². The number of nitrogens with one attached hydrogen (secondary N) is 1. The van der Waals surface area contributed by atoms with E-state index in [1.165, 1.54) is 270 Å². The second-order valence-electron chi connectivity index (χ2n) is 22.4. The number of unbranched alkanes of at least 4 members (excludes halogenated alkanes) is 44. The van der Waals surface area contributed by atoms with Crippen molar-refractivity contribution in [1.82, 2.24) is 5.32 Å². The monoisotopic (exact) mass is 1040 g/mol. The first-order valence-corrected chi connectivity index (χ1v) is 32.9. The molecule has 434 valence electrons. The van der Waals surface area contributed by atoms with Crippen LogP contribution in [-0.4, -0.2) is 47.4 Å². The third-order valence-corrected chi connectivity index (χ3v) is 15.1. The number of ether oxygens (including phenoxy) is 1. The zero-order valence-electron chi connectivity index (χ0n) is 49.6. The smallest absolute Gasteiger partial charge is 0.305 e. The first-order chi connectivity index (χ1) is 36.5. The van der Waals surface area contributed by atoms with Gasteiger partial charge in [0.25, 0.3) is 0 Å². The molecule has 0 saturated heterocycles. The summed E-state index contributed by atoms with van der Waals surface area (Å²) in [7, 11) is 0. The van der Waals surface area contributed by atoms with Crippen LogP contribution in [0.2, 0.25) is 0 Å². The van der Waals surface area contributed by atoms with Gasteiger partial charge in [0.2, 0.25) is 5.91 Å². The maximum atomic E-state index is 12.4. The van der Waals surface area contributed by atoms with Crippen molar-refractivity contribution >= 4 is 11.9 Å². The lowest BCUT2D eigenvalue weighted by molar-refractivity contribution is -0.143. The predicted octanol–water partition coefficient (Wildman–Crippen LogP) is 20.9. The van der Waals surface area contributed by atoms with Gasteiger partial charge in [0.05, 0.1) is 25.4 Å². The van der Waals surface area contributed by atoms with E-state index in [0.717, 1.165) is 51.4 Å². The highest BCUT2D eigenvalue weighted by atomic mass is 16.5. The van der Waals surface area contributed by atoms with Gasteiger partial charge in [-0.3, -0.25) is 9.59 Å². The number of aliphatic hydroxyl groups is 2. The molecule has 0 rings (SSSR count). The van der Waals surface area contributed by atoms with Gasteiger partial charge < -0.3 is 20.3 Å². The number of carbonyl (C=O) groups is 2. The Kier molecular flexibility index (Phi) is 61.5. The number of rotatable bonds is 61. The third-order valence-electron chi connectivity index (χ3n) is 15.1. The Bertz CT molecular complexity index is 1240. The third kappa shape index (κ3) is 59.1. The Hall–Kier alpha value is -2.18. The van der Waals surface area contributed by atoms with Crippen molar-refractivity contribution in [2.24, 2.45) is 0 Å². The fourth-order valence-corrected chi connectivity index (χ4v) is 10.0. The van der Waals surface area contributed by atoms with E-state index in [-0.39, 0.29) is 18.5 Å². The maximum absolute atomic E-state index is 12.4. The summed E-state index contributed by atoms with van der Waals surface area (Å²) in [6.45, 7) is 4.89. The van der Waals surface area contributed by atoms with Crippen LogP contribution in [0.15, 0.2) is 48.6 Å². The second-order valence-corrected chi connectivity index (χ2v) is 22.4. The number of aliphatic hydroxyl groups excluding tert-OH is 2. The molecule has 0 aliphatic carbocycles. The Labute approximate surface area is 461 Å². The lowest BCUT2D eigenvalue weighted by atomic mass is 10.0. The van der Waals surface area contributed by atoms with Crippen molar-refractivity contribution in [3.05, 3.63) is 48.6 Å². The average molecular weight is 1040 g/mol. The van der Waals surface area contributed by atoms with Gasteiger partial charge in [0, 0.05) is 12.8 Å². The molecule has 1 amide bonds. The van der Waals surface area contributed by atoms with Crippen LogP contribution in [-0.2, 0) is 14.3 Å². The Morgan fingerprint density at radius 2 is 0.676 bits per heavy atom. The normalized spacial score (nSPS) is 12.9. The van der Waals surface area contributed by atoms with Gasteiger partial charge in [0.15, 0.2) is 0 Å². The summed E-state index contributed by atoms with van der Waals surface area (Å²) < 4.78 is 5.50. The number of amides is 1. The molecule has 6 heteroatoms. The van der Waals surface area contributed by atoms with Gasteiger partial charge in [-0.25, -0.2) is 0 Å². The van der Waals surface area contributed by atoms with Crippen molar-refractivity contribution in [2.75, 3.05) is 13.2 Å². The molecule has 0 heterocycles. The Morgan fingerprint density at radius 1 is 0.378 bits per heavy atom. The van der Waals surface area contributed by atoms with Crippen molar-refractivity contribution < 1.29 is 24.5 Å². The molecule has 0 aliphatic rings. The topological polar surface area (TPSA) is 95.9 Å². The molecular weight excluding hydrogens is 911 g/mol. The van der Waals surface area contributed by atoms with Gasteiger partial charge in [-0.1, -0.05) is 294 Å². The van der Waals surface area contributed by atoms with Gasteiger partial charge >= 0.3 is 5.97 Å². The molecule has 74 heavy (non-hydrogen) atoms. The summed E-state index contributed by atoms with van der Waals surface area (Å²) >= 11 is 0. The standard InChI is InChI=1S/C68H127NO5/c1-3-5-7-9-11-13-15-17-18-19-32-35-38-42-46-50-54-58-62-68(73)74-63-59-55-51-47-43-39-36-33-30-28-26-24-22-20-21-23-25-27-29-31-34-37-41-45-49-53-57-61-67(72)69-65(64-70)66(71)60-56-52-48-44-40-16-14-12-10-8-6-4-2/h13,15,18-21,56,60,65-66,70-71H,3-12,14,16-17,22-55,57-59,61-64H2,1-2H3,(H,69,72)/b15-13-,19-18-,21-20-,60-56+. The summed E-state index contributed by atoms with van der Waals surface area (Å²) in [5.41, 5.74) is 0. The number of carbonyl (C=O) groups excluding carboxylic acids is 2. The van der Waals surface area contributed by atoms with E-state index in [1.807, 2.05) is 6.08 Å². The second kappa shape index (κ2) is 63.4. The lowest BCUT2D eigenvalue weighted by Crippen LogP contribution is -2.45. The minimum Gasteiger partial charge on any atom is -0.466 e. The SMILES string of the molecule is CCCCCC/C=C\C/C=C\CCCCCCCCCC(=O)OCCCCCCCCCCCCCC/C=C\CCCCCCCCCCCCCC(=O)NC(CO)C(O)/C=C/CCCCCCCCCCCC. The molecule has 0 aromatic carbocycles. The highest BCUT2D eigenvalue weighted by Crippen LogP contribution is 2.17. The largest absolute Gasteiger partial charge is 0.466 e. The molecule has 0 saturated carbocycles. The van der Waals surface area contributed by atoms with Crippen molar-refractivity contribution in [2.45, 2.75) is 360 Å². The quantitative estimate of drug-likeness (QED) is 0.0320. The summed E-state index contributed by atoms with van der Waals surface area (Å²) in [4.78, 5) is 24.5. The average Bonchev–Trinajstić information content (AvgIpc) is 3.40. The van der Waals surface area contributed by atoms with Crippen molar-refractivity contribution in [1.29, 1.82) is 0 Å². The molecule has 3 N–H and O–H groups in total. The van der Waals surface area contributed by atoms with Crippen LogP contribution in [0.5, 0.6) is 0 Å². The van der Waals surface area contributed by atoms with E-state index in [1.54, 1.807) is 6.08 Å².